The van der Waals surface area contributed by atoms with Crippen LogP contribution in [0.25, 0.3) is 0 Å². The lowest BCUT2D eigenvalue weighted by molar-refractivity contribution is 0.301. The summed E-state index contributed by atoms with van der Waals surface area (Å²) in [4.78, 5) is 0. The molecule has 104 valence electrons. The second-order valence-corrected chi connectivity index (χ2v) is 5.57. The average Bonchev–Trinajstić information content (AvgIpc) is 2.92. The summed E-state index contributed by atoms with van der Waals surface area (Å²) in [7, 11) is 0. The van der Waals surface area contributed by atoms with E-state index < -0.39 is 0 Å². The van der Waals surface area contributed by atoms with Gasteiger partial charge in [0, 0.05) is 11.6 Å². The molecule has 3 rings (SSSR count). The van der Waals surface area contributed by atoms with Gasteiger partial charge in [0.05, 0.1) is 0 Å². The first kappa shape index (κ1) is 13.2. The molecule has 2 N–H and O–H groups in total. The third-order valence-electron chi connectivity index (χ3n) is 3.97. The number of nitrogens with two attached hydrogens (primary N) is 1. The molecule has 0 saturated heterocycles. The summed E-state index contributed by atoms with van der Waals surface area (Å²) in [6.07, 6.45) is 3.72. The van der Waals surface area contributed by atoms with Gasteiger partial charge in [-0.05, 0) is 48.9 Å². The lowest BCUT2D eigenvalue weighted by atomic mass is 10.1. The molecule has 0 aliphatic heterocycles. The first-order valence-electron chi connectivity index (χ1n) is 7.32. The maximum absolute atomic E-state index is 5.98. The van der Waals surface area contributed by atoms with Gasteiger partial charge in [-0.1, -0.05) is 36.4 Å². The molecule has 1 aliphatic carbocycles. The first-order valence-corrected chi connectivity index (χ1v) is 7.32. The summed E-state index contributed by atoms with van der Waals surface area (Å²) in [5.74, 6) is 0.892. The largest absolute Gasteiger partial charge is 0.489 e. The van der Waals surface area contributed by atoms with E-state index in [-0.39, 0.29) is 6.04 Å². The Hall–Kier alpha value is -1.80. The highest BCUT2D eigenvalue weighted by atomic mass is 16.5. The van der Waals surface area contributed by atoms with Gasteiger partial charge >= 0.3 is 0 Å². The maximum Gasteiger partial charge on any atom is 0.124 e. The van der Waals surface area contributed by atoms with Crippen LogP contribution >= 0.6 is 0 Å². The Morgan fingerprint density at radius 3 is 2.75 bits per heavy atom. The number of para-hydroxylation sites is 1. The van der Waals surface area contributed by atoms with E-state index in [1.165, 1.54) is 36.0 Å². The van der Waals surface area contributed by atoms with E-state index in [0.717, 1.165) is 11.3 Å². The SMILES string of the molecule is C[C@@H](N)c1ccccc1OCc1ccc2c(c1)CCC2. The Morgan fingerprint density at radius 1 is 1.10 bits per heavy atom. The van der Waals surface area contributed by atoms with Crippen LogP contribution in [-0.4, -0.2) is 0 Å². The maximum atomic E-state index is 5.98. The van der Waals surface area contributed by atoms with Crippen LogP contribution in [0.15, 0.2) is 42.5 Å². The first-order chi connectivity index (χ1) is 9.74. The average molecular weight is 267 g/mol. The topological polar surface area (TPSA) is 35.2 Å². The standard InChI is InChI=1S/C18H21NO/c1-13(19)17-7-2-3-8-18(17)20-12-14-9-10-15-5-4-6-16(15)11-14/h2-3,7-11,13H,4-6,12,19H2,1H3/t13-/m1/s1. The number of ether oxygens (including phenoxy) is 1. The molecule has 0 aromatic heterocycles. The van der Waals surface area contributed by atoms with Crippen LogP contribution in [0, 0.1) is 0 Å². The van der Waals surface area contributed by atoms with Crippen LogP contribution in [0.2, 0.25) is 0 Å². The third-order valence-corrected chi connectivity index (χ3v) is 3.97. The second-order valence-electron chi connectivity index (χ2n) is 5.57. The quantitative estimate of drug-likeness (QED) is 0.915. The van der Waals surface area contributed by atoms with E-state index in [9.17, 15) is 0 Å². The molecular formula is C18H21NO. The lowest BCUT2D eigenvalue weighted by Crippen LogP contribution is -2.08. The van der Waals surface area contributed by atoms with E-state index in [4.69, 9.17) is 10.5 Å². The van der Waals surface area contributed by atoms with Crippen molar-refractivity contribution in [2.45, 2.75) is 38.8 Å². The molecule has 1 atom stereocenters. The number of aryl methyl sites for hydroxylation is 2. The molecular weight excluding hydrogens is 246 g/mol. The highest BCUT2D eigenvalue weighted by Crippen LogP contribution is 2.26. The Morgan fingerprint density at radius 2 is 1.90 bits per heavy atom. The van der Waals surface area contributed by atoms with Crippen molar-refractivity contribution in [3.8, 4) is 5.75 Å². The van der Waals surface area contributed by atoms with Crippen molar-refractivity contribution >= 4 is 0 Å². The van der Waals surface area contributed by atoms with Gasteiger partial charge < -0.3 is 10.5 Å². The molecule has 0 heterocycles. The molecule has 0 saturated carbocycles. The van der Waals surface area contributed by atoms with E-state index in [1.807, 2.05) is 31.2 Å². The summed E-state index contributed by atoms with van der Waals surface area (Å²) in [5, 5.41) is 0. The lowest BCUT2D eigenvalue weighted by Gasteiger charge is -2.14. The summed E-state index contributed by atoms with van der Waals surface area (Å²) in [6.45, 7) is 2.59. The van der Waals surface area contributed by atoms with E-state index >= 15 is 0 Å². The van der Waals surface area contributed by atoms with Gasteiger partial charge in [-0.25, -0.2) is 0 Å². The molecule has 0 fully saturated rings. The number of hydrogen-bond acceptors (Lipinski definition) is 2. The molecule has 20 heavy (non-hydrogen) atoms. The molecule has 0 spiro atoms. The van der Waals surface area contributed by atoms with Crippen LogP contribution in [-0.2, 0) is 19.4 Å². The minimum atomic E-state index is -0.00813. The van der Waals surface area contributed by atoms with Crippen molar-refractivity contribution in [1.29, 1.82) is 0 Å². The van der Waals surface area contributed by atoms with Crippen LogP contribution in [0.5, 0.6) is 5.75 Å². The fourth-order valence-corrected chi connectivity index (χ4v) is 2.86. The van der Waals surface area contributed by atoms with Gasteiger partial charge in [-0.15, -0.1) is 0 Å². The van der Waals surface area contributed by atoms with Gasteiger partial charge in [0.2, 0.25) is 0 Å². The predicted molar refractivity (Wildman–Crippen MR) is 81.8 cm³/mol. The summed E-state index contributed by atoms with van der Waals surface area (Å²) in [5.41, 5.74) is 11.3. The van der Waals surface area contributed by atoms with Gasteiger partial charge in [0.15, 0.2) is 0 Å². The number of hydrogen-bond donors (Lipinski definition) is 1. The second kappa shape index (κ2) is 5.68. The molecule has 2 aromatic rings. The minimum absolute atomic E-state index is 0.00813. The van der Waals surface area contributed by atoms with Crippen molar-refractivity contribution in [1.82, 2.24) is 0 Å². The van der Waals surface area contributed by atoms with Crippen LogP contribution in [0.4, 0.5) is 0 Å². The predicted octanol–water partition coefficient (Wildman–Crippen LogP) is 3.77. The van der Waals surface area contributed by atoms with Crippen molar-refractivity contribution in [3.05, 3.63) is 64.7 Å². The van der Waals surface area contributed by atoms with E-state index in [2.05, 4.69) is 18.2 Å². The molecule has 0 radical (unpaired) electrons. The zero-order valence-corrected chi connectivity index (χ0v) is 11.9. The van der Waals surface area contributed by atoms with Crippen molar-refractivity contribution in [2.75, 3.05) is 0 Å². The van der Waals surface area contributed by atoms with Crippen molar-refractivity contribution < 1.29 is 4.74 Å². The van der Waals surface area contributed by atoms with Crippen LogP contribution in [0.1, 0.15) is 41.6 Å². The highest BCUT2D eigenvalue weighted by Gasteiger charge is 2.11. The molecule has 0 bridgehead atoms. The number of fused-ring (bicyclic) bond motifs is 1. The fraction of sp³-hybridized carbons (Fsp3) is 0.333. The van der Waals surface area contributed by atoms with E-state index in [1.54, 1.807) is 0 Å². The van der Waals surface area contributed by atoms with Crippen LogP contribution in [0.3, 0.4) is 0 Å². The monoisotopic (exact) mass is 267 g/mol. The molecule has 0 unspecified atom stereocenters. The molecule has 1 aliphatic rings. The smallest absolute Gasteiger partial charge is 0.124 e. The van der Waals surface area contributed by atoms with Gasteiger partial charge in [-0.2, -0.15) is 0 Å². The Labute approximate surface area is 120 Å². The summed E-state index contributed by atoms with van der Waals surface area (Å²) in [6, 6.07) is 14.7. The molecule has 2 nitrogen and oxygen atoms in total. The zero-order chi connectivity index (χ0) is 13.9. The Balaban J connectivity index is 1.74. The van der Waals surface area contributed by atoms with Gasteiger partial charge in [-0.3, -0.25) is 0 Å². The third kappa shape index (κ3) is 2.70. The zero-order valence-electron chi connectivity index (χ0n) is 11.9. The fourth-order valence-electron chi connectivity index (χ4n) is 2.86. The highest BCUT2D eigenvalue weighted by molar-refractivity contribution is 5.37. The number of benzene rings is 2. The molecule has 2 aromatic carbocycles. The van der Waals surface area contributed by atoms with Gasteiger partial charge in [0.25, 0.3) is 0 Å². The number of rotatable bonds is 4. The normalized spacial score (nSPS) is 14.9. The molecule has 0 amide bonds. The summed E-state index contributed by atoms with van der Waals surface area (Å²) >= 11 is 0. The molecule has 2 heteroatoms. The van der Waals surface area contributed by atoms with Gasteiger partial charge in [0.1, 0.15) is 12.4 Å². The van der Waals surface area contributed by atoms with Crippen LogP contribution < -0.4 is 10.5 Å². The van der Waals surface area contributed by atoms with Crippen molar-refractivity contribution in [2.24, 2.45) is 5.73 Å². The Bertz CT molecular complexity index is 604. The Kier molecular flexibility index (Phi) is 3.75. The van der Waals surface area contributed by atoms with E-state index in [0.29, 0.717) is 6.61 Å². The van der Waals surface area contributed by atoms with Crippen molar-refractivity contribution in [3.63, 3.8) is 0 Å². The minimum Gasteiger partial charge on any atom is -0.489 e. The summed E-state index contributed by atoms with van der Waals surface area (Å²) < 4.78 is 5.96.